The van der Waals surface area contributed by atoms with Crippen molar-refractivity contribution in [3.05, 3.63) is 45.5 Å². The van der Waals surface area contributed by atoms with E-state index in [0.29, 0.717) is 5.56 Å². The van der Waals surface area contributed by atoms with Crippen molar-refractivity contribution in [2.75, 3.05) is 4.43 Å². The zero-order valence-electron chi connectivity index (χ0n) is 12.0. The first-order valence-electron chi connectivity index (χ1n) is 7.18. The first-order chi connectivity index (χ1) is 9.69. The number of benzene rings is 1. The molecule has 0 aliphatic rings. The summed E-state index contributed by atoms with van der Waals surface area (Å²) < 4.78 is 0.974. The minimum Gasteiger partial charge on any atom is -0.258 e. The van der Waals surface area contributed by atoms with E-state index in [0.717, 1.165) is 29.3 Å². The summed E-state index contributed by atoms with van der Waals surface area (Å²) in [6.45, 7) is 2.19. The highest BCUT2D eigenvalue weighted by molar-refractivity contribution is 14.1. The van der Waals surface area contributed by atoms with Crippen molar-refractivity contribution in [1.29, 1.82) is 0 Å². The second-order valence-electron chi connectivity index (χ2n) is 4.84. The van der Waals surface area contributed by atoms with Gasteiger partial charge in [0.05, 0.1) is 10.5 Å². The van der Waals surface area contributed by atoms with Gasteiger partial charge in [-0.2, -0.15) is 0 Å². The summed E-state index contributed by atoms with van der Waals surface area (Å²) in [5.41, 5.74) is 1.96. The van der Waals surface area contributed by atoms with Gasteiger partial charge < -0.3 is 0 Å². The number of alkyl halides is 1. The average Bonchev–Trinajstić information content (AvgIpc) is 2.44. The Kier molecular flexibility index (Phi) is 8.49. The van der Waals surface area contributed by atoms with Crippen LogP contribution in [0.5, 0.6) is 0 Å². The highest BCUT2D eigenvalue weighted by atomic mass is 127. The molecule has 1 aromatic carbocycles. The molecule has 0 heterocycles. The highest BCUT2D eigenvalue weighted by Crippen LogP contribution is 2.22. The van der Waals surface area contributed by atoms with Crippen LogP contribution in [0.2, 0.25) is 0 Å². The van der Waals surface area contributed by atoms with Crippen molar-refractivity contribution in [3.63, 3.8) is 0 Å². The van der Waals surface area contributed by atoms with Gasteiger partial charge in [-0.1, -0.05) is 67.0 Å². The Bertz CT molecular complexity index is 458. The maximum Gasteiger partial charge on any atom is 0.276 e. The second-order valence-corrected chi connectivity index (χ2v) is 5.92. The minimum absolute atomic E-state index is 0.220. The van der Waals surface area contributed by atoms with E-state index in [1.807, 2.05) is 18.2 Å². The van der Waals surface area contributed by atoms with Crippen LogP contribution >= 0.6 is 22.6 Å². The van der Waals surface area contributed by atoms with Gasteiger partial charge in [0.2, 0.25) is 0 Å². The molecule has 0 amide bonds. The summed E-state index contributed by atoms with van der Waals surface area (Å²) in [4.78, 5) is 10.8. The van der Waals surface area contributed by atoms with Crippen LogP contribution in [0.1, 0.15) is 50.2 Å². The van der Waals surface area contributed by atoms with Crippen LogP contribution in [0, 0.1) is 10.1 Å². The number of allylic oxidation sites excluding steroid dienone is 1. The summed E-state index contributed by atoms with van der Waals surface area (Å²) in [5, 5.41) is 11.1. The van der Waals surface area contributed by atoms with E-state index in [1.165, 1.54) is 19.3 Å². The van der Waals surface area contributed by atoms with Crippen LogP contribution in [0.3, 0.4) is 0 Å². The van der Waals surface area contributed by atoms with Gasteiger partial charge in [-0.3, -0.25) is 10.1 Å². The SMILES string of the molecule is CCCCCC/C=C/c1ccc(CCI)cc1[N+](=O)[O-]. The zero-order valence-corrected chi connectivity index (χ0v) is 14.1. The number of hydrogen-bond donors (Lipinski definition) is 0. The Morgan fingerprint density at radius 1 is 1.30 bits per heavy atom. The molecule has 0 unspecified atom stereocenters. The largest absolute Gasteiger partial charge is 0.276 e. The molecular formula is C16H22INO2. The molecule has 0 radical (unpaired) electrons. The van der Waals surface area contributed by atoms with Gasteiger partial charge in [0, 0.05) is 10.5 Å². The normalized spacial score (nSPS) is 11.1. The van der Waals surface area contributed by atoms with Crippen molar-refractivity contribution >= 4 is 34.4 Å². The third kappa shape index (κ3) is 6.03. The summed E-state index contributed by atoms with van der Waals surface area (Å²) in [7, 11) is 0. The van der Waals surface area contributed by atoms with E-state index in [1.54, 1.807) is 6.07 Å². The predicted octanol–water partition coefficient (Wildman–Crippen LogP) is 5.56. The van der Waals surface area contributed by atoms with Crippen LogP contribution in [-0.4, -0.2) is 9.35 Å². The molecule has 0 saturated heterocycles. The third-order valence-corrected chi connectivity index (χ3v) is 3.74. The van der Waals surface area contributed by atoms with Gasteiger partial charge >= 0.3 is 0 Å². The Balaban J connectivity index is 2.68. The van der Waals surface area contributed by atoms with Crippen molar-refractivity contribution < 1.29 is 4.92 Å². The van der Waals surface area contributed by atoms with Gasteiger partial charge in [0.1, 0.15) is 0 Å². The van der Waals surface area contributed by atoms with Gasteiger partial charge in [0.25, 0.3) is 5.69 Å². The van der Waals surface area contributed by atoms with E-state index in [-0.39, 0.29) is 10.6 Å². The van der Waals surface area contributed by atoms with Crippen LogP contribution in [0.25, 0.3) is 6.08 Å². The molecule has 110 valence electrons. The van der Waals surface area contributed by atoms with Crippen LogP contribution in [0.15, 0.2) is 24.3 Å². The number of nitro groups is 1. The molecule has 0 spiro atoms. The lowest BCUT2D eigenvalue weighted by Crippen LogP contribution is -1.94. The van der Waals surface area contributed by atoms with E-state index >= 15 is 0 Å². The Morgan fingerprint density at radius 2 is 2.10 bits per heavy atom. The first kappa shape index (κ1) is 17.1. The standard InChI is InChI=1S/C16H22INO2/c1-2-3-4-5-6-7-8-15-10-9-14(11-12-17)13-16(15)18(19)20/h7-10,13H,2-6,11-12H2,1H3/b8-7+. The lowest BCUT2D eigenvalue weighted by atomic mass is 10.1. The number of aryl methyl sites for hydroxylation is 1. The molecular weight excluding hydrogens is 365 g/mol. The first-order valence-corrected chi connectivity index (χ1v) is 8.71. The topological polar surface area (TPSA) is 43.1 Å². The molecule has 3 nitrogen and oxygen atoms in total. The van der Waals surface area contributed by atoms with Gasteiger partial charge in [-0.25, -0.2) is 0 Å². The molecule has 0 aliphatic carbocycles. The monoisotopic (exact) mass is 387 g/mol. The number of nitro benzene ring substituents is 1. The molecule has 0 fully saturated rings. The molecule has 0 aromatic heterocycles. The summed E-state index contributed by atoms with van der Waals surface area (Å²) >= 11 is 2.28. The van der Waals surface area contributed by atoms with Crippen LogP contribution in [-0.2, 0) is 6.42 Å². The molecule has 0 N–H and O–H groups in total. The van der Waals surface area contributed by atoms with E-state index in [4.69, 9.17) is 0 Å². The highest BCUT2D eigenvalue weighted by Gasteiger charge is 2.12. The molecule has 4 heteroatoms. The molecule has 0 bridgehead atoms. The third-order valence-electron chi connectivity index (χ3n) is 3.20. The lowest BCUT2D eigenvalue weighted by Gasteiger charge is -2.02. The van der Waals surface area contributed by atoms with E-state index in [9.17, 15) is 10.1 Å². The van der Waals surface area contributed by atoms with Crippen molar-refractivity contribution in [2.24, 2.45) is 0 Å². The molecule has 1 rings (SSSR count). The van der Waals surface area contributed by atoms with Crippen LogP contribution < -0.4 is 0 Å². The quantitative estimate of drug-likeness (QED) is 0.183. The molecule has 20 heavy (non-hydrogen) atoms. The number of hydrogen-bond acceptors (Lipinski definition) is 2. The van der Waals surface area contributed by atoms with E-state index < -0.39 is 0 Å². The number of rotatable bonds is 9. The predicted molar refractivity (Wildman–Crippen MR) is 93.5 cm³/mol. The van der Waals surface area contributed by atoms with Crippen molar-refractivity contribution in [3.8, 4) is 0 Å². The van der Waals surface area contributed by atoms with Crippen molar-refractivity contribution in [1.82, 2.24) is 0 Å². The summed E-state index contributed by atoms with van der Waals surface area (Å²) in [6, 6.07) is 5.56. The average molecular weight is 387 g/mol. The fourth-order valence-electron chi connectivity index (χ4n) is 2.05. The number of nitrogens with zero attached hydrogens (tertiary/aromatic N) is 1. The van der Waals surface area contributed by atoms with Gasteiger partial charge in [-0.15, -0.1) is 0 Å². The maximum absolute atomic E-state index is 11.1. The van der Waals surface area contributed by atoms with Crippen molar-refractivity contribution in [2.45, 2.75) is 45.4 Å². The summed E-state index contributed by atoms with van der Waals surface area (Å²) in [5.74, 6) is 0. The zero-order chi connectivity index (χ0) is 14.8. The lowest BCUT2D eigenvalue weighted by molar-refractivity contribution is -0.385. The number of unbranched alkanes of at least 4 members (excludes halogenated alkanes) is 4. The fourth-order valence-corrected chi connectivity index (χ4v) is 2.67. The smallest absolute Gasteiger partial charge is 0.258 e. The Morgan fingerprint density at radius 3 is 2.75 bits per heavy atom. The molecule has 0 saturated carbocycles. The molecule has 0 atom stereocenters. The maximum atomic E-state index is 11.1. The van der Waals surface area contributed by atoms with Gasteiger partial charge in [-0.05, 0) is 30.9 Å². The number of halogens is 1. The Hall–Kier alpha value is -0.910. The Labute approximate surface area is 134 Å². The molecule has 1 aromatic rings. The second kappa shape index (κ2) is 9.91. The minimum atomic E-state index is -0.284. The fraction of sp³-hybridized carbons (Fsp3) is 0.500. The molecule has 0 aliphatic heterocycles. The van der Waals surface area contributed by atoms with Gasteiger partial charge in [0.15, 0.2) is 0 Å². The van der Waals surface area contributed by atoms with E-state index in [2.05, 4.69) is 35.6 Å². The van der Waals surface area contributed by atoms with Crippen LogP contribution in [0.4, 0.5) is 5.69 Å². The summed E-state index contributed by atoms with van der Waals surface area (Å²) in [6.07, 6.45) is 10.7.